The van der Waals surface area contributed by atoms with Crippen molar-refractivity contribution in [3.63, 3.8) is 0 Å². The number of carbonyl (C=O) groups is 1. The molecule has 0 saturated heterocycles. The summed E-state index contributed by atoms with van der Waals surface area (Å²) in [4.78, 5) is 21.3. The number of hydrogen-bond acceptors (Lipinski definition) is 6. The minimum absolute atomic E-state index is 0.0637. The molecule has 1 aliphatic heterocycles. The predicted molar refractivity (Wildman–Crippen MR) is 119 cm³/mol. The number of thiazole rings is 1. The molecule has 0 aliphatic carbocycles. The standard InChI is InChI=1S/C21H20N4O3S2/c1-14-6-2-3-9-17(14)21-24-18(13-29-21)20(26)23-15-7-4-8-16(12-15)30(27,28)25-19-10-5-11-22-19/h2-4,6-9,12-13H,5,10-11H2,1H3,(H,22,25)(H,23,26). The number of amidine groups is 1. The number of aliphatic imine (C=N–C) groups is 1. The molecule has 0 fully saturated rings. The smallest absolute Gasteiger partial charge is 0.275 e. The van der Waals surface area contributed by atoms with E-state index in [4.69, 9.17) is 0 Å². The molecule has 0 radical (unpaired) electrons. The zero-order chi connectivity index (χ0) is 21.1. The first-order chi connectivity index (χ1) is 14.4. The number of nitrogens with zero attached hydrogens (tertiary/aromatic N) is 2. The Kier molecular flexibility index (Phi) is 5.65. The normalized spacial score (nSPS) is 13.7. The van der Waals surface area contributed by atoms with E-state index in [1.807, 2.05) is 31.2 Å². The molecule has 2 aromatic carbocycles. The summed E-state index contributed by atoms with van der Waals surface area (Å²) >= 11 is 1.39. The lowest BCUT2D eigenvalue weighted by Crippen LogP contribution is -2.29. The predicted octanol–water partition coefficient (Wildman–Crippen LogP) is 3.84. The van der Waals surface area contributed by atoms with E-state index in [1.54, 1.807) is 17.5 Å². The van der Waals surface area contributed by atoms with Crippen molar-refractivity contribution >= 4 is 38.8 Å². The summed E-state index contributed by atoms with van der Waals surface area (Å²) < 4.78 is 27.7. The lowest BCUT2D eigenvalue weighted by Gasteiger charge is -2.09. The van der Waals surface area contributed by atoms with E-state index in [2.05, 4.69) is 20.0 Å². The highest BCUT2D eigenvalue weighted by Crippen LogP contribution is 2.27. The summed E-state index contributed by atoms with van der Waals surface area (Å²) in [6.45, 7) is 2.62. The van der Waals surface area contributed by atoms with Gasteiger partial charge in [0.15, 0.2) is 0 Å². The van der Waals surface area contributed by atoms with Gasteiger partial charge in [-0.2, -0.15) is 0 Å². The lowest BCUT2D eigenvalue weighted by atomic mass is 10.1. The summed E-state index contributed by atoms with van der Waals surface area (Å²) in [5.74, 6) is 0.0735. The Morgan fingerprint density at radius 2 is 1.97 bits per heavy atom. The number of anilines is 1. The van der Waals surface area contributed by atoms with Crippen molar-refractivity contribution in [1.29, 1.82) is 0 Å². The average Bonchev–Trinajstić information content (AvgIpc) is 3.40. The molecular formula is C21H20N4O3S2. The fourth-order valence-corrected chi connectivity index (χ4v) is 5.11. The highest BCUT2D eigenvalue weighted by Gasteiger charge is 2.19. The number of carbonyl (C=O) groups excluding carboxylic acids is 1. The van der Waals surface area contributed by atoms with Gasteiger partial charge in [-0.25, -0.2) is 13.4 Å². The van der Waals surface area contributed by atoms with Crippen LogP contribution in [0.5, 0.6) is 0 Å². The fraction of sp³-hybridized carbons (Fsp3) is 0.190. The molecule has 4 rings (SSSR count). The second kappa shape index (κ2) is 8.37. The summed E-state index contributed by atoms with van der Waals surface area (Å²) in [7, 11) is -3.75. The number of aromatic nitrogens is 1. The van der Waals surface area contributed by atoms with Crippen molar-refractivity contribution in [2.24, 2.45) is 4.99 Å². The van der Waals surface area contributed by atoms with Gasteiger partial charge in [0.05, 0.1) is 4.90 Å². The van der Waals surface area contributed by atoms with Crippen LogP contribution < -0.4 is 10.0 Å². The Bertz CT molecular complexity index is 1230. The lowest BCUT2D eigenvalue weighted by molar-refractivity contribution is 0.102. The molecule has 2 N–H and O–H groups in total. The van der Waals surface area contributed by atoms with Crippen LogP contribution in [-0.4, -0.2) is 31.7 Å². The first-order valence-corrected chi connectivity index (χ1v) is 11.8. The van der Waals surface area contributed by atoms with Crippen molar-refractivity contribution in [1.82, 2.24) is 9.71 Å². The van der Waals surface area contributed by atoms with E-state index in [9.17, 15) is 13.2 Å². The van der Waals surface area contributed by atoms with Crippen LogP contribution >= 0.6 is 11.3 Å². The third kappa shape index (κ3) is 4.42. The molecule has 2 heterocycles. The van der Waals surface area contributed by atoms with Gasteiger partial charge >= 0.3 is 0 Å². The second-order valence-corrected chi connectivity index (χ2v) is 9.41. The maximum absolute atomic E-state index is 12.6. The van der Waals surface area contributed by atoms with Gasteiger partial charge in [-0.15, -0.1) is 11.3 Å². The Labute approximate surface area is 179 Å². The number of aryl methyl sites for hydroxylation is 1. The molecule has 9 heteroatoms. The Hall–Kier alpha value is -3.04. The molecule has 0 saturated carbocycles. The molecule has 1 amide bonds. The number of sulfonamides is 1. The van der Waals surface area contributed by atoms with E-state index in [0.29, 0.717) is 24.5 Å². The highest BCUT2D eigenvalue weighted by molar-refractivity contribution is 7.90. The van der Waals surface area contributed by atoms with E-state index in [0.717, 1.165) is 22.6 Å². The van der Waals surface area contributed by atoms with Crippen molar-refractivity contribution < 1.29 is 13.2 Å². The molecule has 1 aromatic heterocycles. The number of hydrogen-bond donors (Lipinski definition) is 2. The van der Waals surface area contributed by atoms with Crippen LogP contribution in [-0.2, 0) is 10.0 Å². The van der Waals surface area contributed by atoms with Gasteiger partial charge < -0.3 is 5.32 Å². The SMILES string of the molecule is Cc1ccccc1-c1nc(C(=O)Nc2cccc(S(=O)(=O)NC3=NCCC3)c2)cs1. The number of nitrogens with one attached hydrogen (secondary N) is 2. The van der Waals surface area contributed by atoms with E-state index >= 15 is 0 Å². The molecule has 3 aromatic rings. The molecule has 1 aliphatic rings. The second-order valence-electron chi connectivity index (χ2n) is 6.87. The third-order valence-corrected chi connectivity index (χ3v) is 6.90. The van der Waals surface area contributed by atoms with E-state index in [-0.39, 0.29) is 10.6 Å². The third-order valence-electron chi connectivity index (χ3n) is 4.64. The van der Waals surface area contributed by atoms with E-state index in [1.165, 1.54) is 23.5 Å². The quantitative estimate of drug-likeness (QED) is 0.629. The number of amides is 1. The molecule has 0 unspecified atom stereocenters. The van der Waals surface area contributed by atoms with Crippen LogP contribution in [0.3, 0.4) is 0 Å². The van der Waals surface area contributed by atoms with Crippen LogP contribution in [0.1, 0.15) is 28.9 Å². The van der Waals surface area contributed by atoms with Gasteiger partial charge in [-0.3, -0.25) is 14.5 Å². The van der Waals surface area contributed by atoms with Crippen LogP contribution in [0.2, 0.25) is 0 Å². The first kappa shape index (κ1) is 20.2. The van der Waals surface area contributed by atoms with Gasteiger partial charge in [0.2, 0.25) is 0 Å². The van der Waals surface area contributed by atoms with Gasteiger partial charge in [-0.05, 0) is 37.1 Å². The summed E-state index contributed by atoms with van der Waals surface area (Å²) in [6.07, 6.45) is 1.45. The fourth-order valence-electron chi connectivity index (χ4n) is 3.09. The molecule has 154 valence electrons. The Balaban J connectivity index is 1.50. The van der Waals surface area contributed by atoms with Crippen molar-refractivity contribution in [2.45, 2.75) is 24.7 Å². The largest absolute Gasteiger partial charge is 0.321 e. The van der Waals surface area contributed by atoms with Crippen molar-refractivity contribution in [2.75, 3.05) is 11.9 Å². The molecule has 30 heavy (non-hydrogen) atoms. The summed E-state index contributed by atoms with van der Waals surface area (Å²) in [5.41, 5.74) is 2.72. The minimum atomic E-state index is -3.75. The summed E-state index contributed by atoms with van der Waals surface area (Å²) in [5, 5.41) is 5.18. The Morgan fingerprint density at radius 1 is 1.13 bits per heavy atom. The molecule has 0 bridgehead atoms. The van der Waals surface area contributed by atoms with Crippen molar-refractivity contribution in [3.05, 3.63) is 65.2 Å². The Morgan fingerprint density at radius 3 is 2.73 bits per heavy atom. The molecular weight excluding hydrogens is 420 g/mol. The molecule has 0 spiro atoms. The van der Waals surface area contributed by atoms with Crippen LogP contribution in [0.25, 0.3) is 10.6 Å². The minimum Gasteiger partial charge on any atom is -0.321 e. The zero-order valence-corrected chi connectivity index (χ0v) is 17.9. The van der Waals surface area contributed by atoms with Gasteiger partial charge in [0.1, 0.15) is 16.5 Å². The van der Waals surface area contributed by atoms with Gasteiger partial charge in [0, 0.05) is 29.6 Å². The monoisotopic (exact) mass is 440 g/mol. The maximum atomic E-state index is 12.6. The molecule has 7 nitrogen and oxygen atoms in total. The molecule has 0 atom stereocenters. The number of benzene rings is 2. The average molecular weight is 441 g/mol. The van der Waals surface area contributed by atoms with Crippen LogP contribution in [0.15, 0.2) is 63.8 Å². The zero-order valence-electron chi connectivity index (χ0n) is 16.3. The maximum Gasteiger partial charge on any atom is 0.275 e. The van der Waals surface area contributed by atoms with Gasteiger partial charge in [0.25, 0.3) is 15.9 Å². The first-order valence-electron chi connectivity index (χ1n) is 9.41. The van der Waals surface area contributed by atoms with E-state index < -0.39 is 15.9 Å². The number of rotatable bonds is 5. The van der Waals surface area contributed by atoms with Crippen LogP contribution in [0.4, 0.5) is 5.69 Å². The van der Waals surface area contributed by atoms with Crippen molar-refractivity contribution in [3.8, 4) is 10.6 Å². The highest BCUT2D eigenvalue weighted by atomic mass is 32.2. The van der Waals surface area contributed by atoms with Crippen LogP contribution in [0, 0.1) is 6.92 Å². The topological polar surface area (TPSA) is 101 Å². The van der Waals surface area contributed by atoms with Gasteiger partial charge in [-0.1, -0.05) is 30.3 Å². The summed E-state index contributed by atoms with van der Waals surface area (Å²) in [6, 6.07) is 14.0.